The second-order valence-corrected chi connectivity index (χ2v) is 10.2. The van der Waals surface area contributed by atoms with Gasteiger partial charge in [-0.15, -0.1) is 0 Å². The molecular weight excluding hydrogens is 478 g/mol. The van der Waals surface area contributed by atoms with Crippen molar-refractivity contribution >= 4 is 52.0 Å². The van der Waals surface area contributed by atoms with Crippen molar-refractivity contribution in [2.75, 3.05) is 11.1 Å². The number of hydrogen-bond acceptors (Lipinski definition) is 7. The van der Waals surface area contributed by atoms with E-state index in [4.69, 9.17) is 4.99 Å². The fourth-order valence-electron chi connectivity index (χ4n) is 4.78. The van der Waals surface area contributed by atoms with Crippen LogP contribution in [0.15, 0.2) is 40.3 Å². The maximum atomic E-state index is 13.0. The van der Waals surface area contributed by atoms with E-state index in [9.17, 15) is 14.4 Å². The number of aryl methyl sites for hydroxylation is 1. The van der Waals surface area contributed by atoms with Gasteiger partial charge in [-0.3, -0.25) is 24.4 Å². The average molecular weight is 508 g/mol. The molecule has 188 valence electrons. The number of aromatic amines is 1. The highest BCUT2D eigenvalue weighted by atomic mass is 32.2. The summed E-state index contributed by atoms with van der Waals surface area (Å²) >= 11 is 1.23. The predicted octanol–water partition coefficient (Wildman–Crippen LogP) is 3.28. The molecule has 0 saturated heterocycles. The number of fused-ring (bicyclic) bond motifs is 3. The Morgan fingerprint density at radius 3 is 2.72 bits per heavy atom. The molecule has 3 aliphatic rings. The highest BCUT2D eigenvalue weighted by Gasteiger charge is 2.41. The molecule has 11 heteroatoms. The summed E-state index contributed by atoms with van der Waals surface area (Å²) in [7, 11) is 0. The molecule has 2 aromatic rings. The van der Waals surface area contributed by atoms with Gasteiger partial charge in [0, 0.05) is 29.8 Å². The lowest BCUT2D eigenvalue weighted by Gasteiger charge is -2.31. The second-order valence-electron chi connectivity index (χ2n) is 9.29. The highest BCUT2D eigenvalue weighted by Crippen LogP contribution is 2.35. The van der Waals surface area contributed by atoms with Crippen LogP contribution in [0.4, 0.5) is 11.5 Å². The normalized spacial score (nSPS) is 19.3. The van der Waals surface area contributed by atoms with Gasteiger partial charge in [0.25, 0.3) is 5.91 Å². The number of carbonyl (C=O) groups excluding carboxylic acids is 3. The summed E-state index contributed by atoms with van der Waals surface area (Å²) in [4.78, 5) is 49.0. The first-order valence-electron chi connectivity index (χ1n) is 12.3. The summed E-state index contributed by atoms with van der Waals surface area (Å²) in [5, 5.41) is 13.2. The zero-order chi connectivity index (χ0) is 25.1. The molecule has 3 heterocycles. The van der Waals surface area contributed by atoms with Crippen LogP contribution < -0.4 is 10.6 Å². The van der Waals surface area contributed by atoms with Crippen LogP contribution in [0.3, 0.4) is 0 Å². The minimum absolute atomic E-state index is 0.0413. The molecule has 1 aromatic carbocycles. The Hall–Kier alpha value is -3.47. The van der Waals surface area contributed by atoms with Crippen LogP contribution in [0, 0.1) is 6.92 Å². The van der Waals surface area contributed by atoms with Gasteiger partial charge in [0.2, 0.25) is 11.8 Å². The molecule has 0 spiro atoms. The molecule has 1 fully saturated rings. The van der Waals surface area contributed by atoms with Gasteiger partial charge >= 0.3 is 0 Å². The number of H-pyrrole nitrogens is 1. The van der Waals surface area contributed by atoms with Gasteiger partial charge in [0.05, 0.1) is 11.4 Å². The van der Waals surface area contributed by atoms with E-state index in [2.05, 4.69) is 25.8 Å². The van der Waals surface area contributed by atoms with Crippen molar-refractivity contribution in [1.29, 1.82) is 0 Å². The summed E-state index contributed by atoms with van der Waals surface area (Å²) < 4.78 is 0. The van der Waals surface area contributed by atoms with E-state index >= 15 is 0 Å². The molecule has 1 saturated carbocycles. The average Bonchev–Trinajstić information content (AvgIpc) is 3.43. The number of rotatable bonds is 7. The number of hydrogen-bond donors (Lipinski definition) is 3. The molecule has 2 aliphatic heterocycles. The molecule has 1 atom stereocenters. The number of aromatic nitrogens is 2. The van der Waals surface area contributed by atoms with E-state index in [-0.39, 0.29) is 35.9 Å². The van der Waals surface area contributed by atoms with Crippen molar-refractivity contribution in [2.45, 2.75) is 64.0 Å². The molecule has 36 heavy (non-hydrogen) atoms. The highest BCUT2D eigenvalue weighted by molar-refractivity contribution is 8.14. The minimum atomic E-state index is -0.631. The largest absolute Gasteiger partial charge is 0.353 e. The molecular formula is C25H29N7O3S. The van der Waals surface area contributed by atoms with E-state index in [1.54, 1.807) is 11.0 Å². The Balaban J connectivity index is 1.28. The number of amides is 3. The zero-order valence-corrected chi connectivity index (χ0v) is 20.9. The zero-order valence-electron chi connectivity index (χ0n) is 20.1. The summed E-state index contributed by atoms with van der Waals surface area (Å²) in [6.45, 7) is 1.85. The number of anilines is 1. The monoisotopic (exact) mass is 507 g/mol. The summed E-state index contributed by atoms with van der Waals surface area (Å²) in [5.41, 5.74) is 2.31. The van der Waals surface area contributed by atoms with Crippen molar-refractivity contribution in [3.05, 3.63) is 41.6 Å². The third-order valence-corrected chi connectivity index (χ3v) is 7.48. The summed E-state index contributed by atoms with van der Waals surface area (Å²) in [5.74, 6) is 0.487. The summed E-state index contributed by atoms with van der Waals surface area (Å²) in [6.07, 6.45) is 6.07. The van der Waals surface area contributed by atoms with Gasteiger partial charge in [-0.2, -0.15) is 10.1 Å². The van der Waals surface area contributed by atoms with E-state index in [1.807, 2.05) is 31.2 Å². The second kappa shape index (κ2) is 10.7. The molecule has 0 radical (unpaired) electrons. The van der Waals surface area contributed by atoms with Crippen LogP contribution in [-0.2, 0) is 14.4 Å². The molecule has 3 amide bonds. The van der Waals surface area contributed by atoms with Crippen molar-refractivity contribution in [3.8, 4) is 0 Å². The lowest BCUT2D eigenvalue weighted by Crippen LogP contribution is -2.44. The number of thioether (sulfide) groups is 1. The molecule has 1 aliphatic carbocycles. The first-order chi connectivity index (χ1) is 17.5. The molecule has 3 N–H and O–H groups in total. The van der Waals surface area contributed by atoms with Gasteiger partial charge in [-0.1, -0.05) is 43.2 Å². The molecule has 0 bridgehead atoms. The number of carbonyl (C=O) groups is 3. The SMILES string of the molecule is Cc1cc(NC(=O)CSC2=Nc3ccccc3C3=NC(=O)C(CCC(=O)NC4CCCCC4)N23)n[nH]1. The topological polar surface area (TPSA) is 132 Å². The molecule has 1 aromatic heterocycles. The quantitative estimate of drug-likeness (QED) is 0.527. The van der Waals surface area contributed by atoms with Crippen LogP contribution >= 0.6 is 11.8 Å². The first-order valence-corrected chi connectivity index (χ1v) is 13.3. The predicted molar refractivity (Wildman–Crippen MR) is 139 cm³/mol. The smallest absolute Gasteiger partial charge is 0.270 e. The van der Waals surface area contributed by atoms with Crippen molar-refractivity contribution in [1.82, 2.24) is 20.4 Å². The summed E-state index contributed by atoms with van der Waals surface area (Å²) in [6, 6.07) is 8.83. The lowest BCUT2D eigenvalue weighted by molar-refractivity contribution is -0.123. The number of nitrogens with zero attached hydrogens (tertiary/aromatic N) is 4. The van der Waals surface area contributed by atoms with Gasteiger partial charge in [0.1, 0.15) is 11.9 Å². The van der Waals surface area contributed by atoms with Crippen molar-refractivity contribution < 1.29 is 14.4 Å². The van der Waals surface area contributed by atoms with E-state index < -0.39 is 6.04 Å². The maximum Gasteiger partial charge on any atom is 0.270 e. The number of amidine groups is 2. The fraction of sp³-hybridized carbons (Fsp3) is 0.440. The minimum Gasteiger partial charge on any atom is -0.353 e. The number of para-hydroxylation sites is 1. The van der Waals surface area contributed by atoms with Gasteiger partial charge in [-0.05, 0) is 38.3 Å². The molecule has 10 nitrogen and oxygen atoms in total. The third kappa shape index (κ3) is 5.35. The van der Waals surface area contributed by atoms with Crippen LogP contribution in [0.25, 0.3) is 0 Å². The van der Waals surface area contributed by atoms with Crippen molar-refractivity contribution in [3.63, 3.8) is 0 Å². The first kappa shape index (κ1) is 24.2. The van der Waals surface area contributed by atoms with Gasteiger partial charge in [0.15, 0.2) is 11.0 Å². The molecule has 1 unspecified atom stereocenters. The lowest BCUT2D eigenvalue weighted by atomic mass is 9.95. The maximum absolute atomic E-state index is 13.0. The van der Waals surface area contributed by atoms with Crippen LogP contribution in [0.5, 0.6) is 0 Å². The Kier molecular flexibility index (Phi) is 7.17. The van der Waals surface area contributed by atoms with Crippen LogP contribution in [0.2, 0.25) is 0 Å². The van der Waals surface area contributed by atoms with Crippen molar-refractivity contribution in [2.24, 2.45) is 9.98 Å². The van der Waals surface area contributed by atoms with E-state index in [0.717, 1.165) is 36.9 Å². The van der Waals surface area contributed by atoms with Crippen LogP contribution in [-0.4, -0.2) is 61.7 Å². The van der Waals surface area contributed by atoms with E-state index in [1.165, 1.54) is 18.2 Å². The Morgan fingerprint density at radius 2 is 1.94 bits per heavy atom. The number of benzene rings is 1. The number of aliphatic imine (C=N–C) groups is 2. The Labute approximate surface area is 213 Å². The standard InChI is InChI=1S/C25H29N7O3S/c1-15-13-20(31-30-15)28-22(34)14-36-25-27-18-10-6-5-9-17(18)23-29-24(35)19(32(23)25)11-12-21(33)26-16-7-3-2-4-8-16/h5-6,9-10,13,16,19H,2-4,7-8,11-12,14H2,1H3,(H,26,33)(H2,28,30,31,34). The Bertz CT molecular complexity index is 1230. The third-order valence-electron chi connectivity index (χ3n) is 6.53. The fourth-order valence-corrected chi connectivity index (χ4v) is 5.63. The van der Waals surface area contributed by atoms with Crippen LogP contribution in [0.1, 0.15) is 56.2 Å². The number of nitrogens with one attached hydrogen (secondary N) is 3. The van der Waals surface area contributed by atoms with Gasteiger partial charge in [-0.25, -0.2) is 4.99 Å². The Morgan fingerprint density at radius 1 is 1.14 bits per heavy atom. The van der Waals surface area contributed by atoms with E-state index in [0.29, 0.717) is 28.9 Å². The van der Waals surface area contributed by atoms with Gasteiger partial charge < -0.3 is 10.6 Å². The molecule has 5 rings (SSSR count).